The molecule has 20 heavy (non-hydrogen) atoms. The molecule has 0 fully saturated rings. The lowest BCUT2D eigenvalue weighted by atomic mass is 10.0. The predicted molar refractivity (Wildman–Crippen MR) is 82.0 cm³/mol. The fraction of sp³-hybridized carbons (Fsp3) is 0.0667. The third-order valence-electron chi connectivity index (χ3n) is 3.12. The molecule has 0 unspecified atom stereocenters. The number of pyridine rings is 1. The Morgan fingerprint density at radius 3 is 2.65 bits per heavy atom. The van der Waals surface area contributed by atoms with Crippen molar-refractivity contribution in [3.8, 4) is 22.5 Å². The third-order valence-corrected chi connectivity index (χ3v) is 4.18. The maximum absolute atomic E-state index is 5.96. The molecule has 2 heterocycles. The maximum Gasteiger partial charge on any atom is 0.178 e. The minimum Gasteiger partial charge on any atom is -0.380 e. The SMILES string of the molecule is Cc1cccc(-c2onc(N)c2-c2ccncc2)c1Br. The van der Waals surface area contributed by atoms with Gasteiger partial charge in [0.15, 0.2) is 11.6 Å². The number of nitrogen functional groups attached to an aromatic ring is 1. The molecule has 0 bridgehead atoms. The molecule has 0 saturated heterocycles. The van der Waals surface area contributed by atoms with E-state index < -0.39 is 0 Å². The Balaban J connectivity index is 2.24. The summed E-state index contributed by atoms with van der Waals surface area (Å²) < 4.78 is 6.42. The van der Waals surface area contributed by atoms with Crippen LogP contribution in [0.3, 0.4) is 0 Å². The van der Waals surface area contributed by atoms with E-state index in [0.29, 0.717) is 11.6 Å². The summed E-state index contributed by atoms with van der Waals surface area (Å²) in [7, 11) is 0. The fourth-order valence-electron chi connectivity index (χ4n) is 2.11. The summed E-state index contributed by atoms with van der Waals surface area (Å²) >= 11 is 3.59. The number of halogens is 1. The monoisotopic (exact) mass is 329 g/mol. The fourth-order valence-corrected chi connectivity index (χ4v) is 2.55. The lowest BCUT2D eigenvalue weighted by molar-refractivity contribution is 0.436. The first-order valence-electron chi connectivity index (χ1n) is 6.09. The molecule has 0 aliphatic rings. The van der Waals surface area contributed by atoms with Crippen molar-refractivity contribution in [1.29, 1.82) is 0 Å². The quantitative estimate of drug-likeness (QED) is 0.770. The van der Waals surface area contributed by atoms with Crippen LogP contribution in [0.2, 0.25) is 0 Å². The average Bonchev–Trinajstić information content (AvgIpc) is 2.84. The first-order valence-corrected chi connectivity index (χ1v) is 6.89. The molecular formula is C15H12BrN3O. The minimum absolute atomic E-state index is 0.375. The Hall–Kier alpha value is -2.14. The second-order valence-corrected chi connectivity index (χ2v) is 5.24. The summed E-state index contributed by atoms with van der Waals surface area (Å²) in [6.45, 7) is 2.03. The Kier molecular flexibility index (Phi) is 3.28. The summed E-state index contributed by atoms with van der Waals surface area (Å²) in [6.07, 6.45) is 3.44. The van der Waals surface area contributed by atoms with Gasteiger partial charge in [0.1, 0.15) is 0 Å². The Labute approximate surface area is 124 Å². The van der Waals surface area contributed by atoms with Gasteiger partial charge in [-0.05, 0) is 52.2 Å². The molecule has 0 radical (unpaired) electrons. The molecule has 0 aliphatic heterocycles. The first kappa shape index (κ1) is 12.9. The molecule has 2 aromatic heterocycles. The second kappa shape index (κ2) is 5.09. The average molecular weight is 330 g/mol. The number of hydrogen-bond donors (Lipinski definition) is 1. The molecule has 5 heteroatoms. The summed E-state index contributed by atoms with van der Waals surface area (Å²) in [5.41, 5.74) is 9.74. The topological polar surface area (TPSA) is 64.9 Å². The molecule has 4 nitrogen and oxygen atoms in total. The molecule has 3 rings (SSSR count). The normalized spacial score (nSPS) is 10.7. The van der Waals surface area contributed by atoms with Crippen LogP contribution in [-0.4, -0.2) is 10.1 Å². The number of aromatic nitrogens is 2. The van der Waals surface area contributed by atoms with E-state index in [9.17, 15) is 0 Å². The van der Waals surface area contributed by atoms with Gasteiger partial charge in [0.25, 0.3) is 0 Å². The van der Waals surface area contributed by atoms with Gasteiger partial charge in [-0.1, -0.05) is 17.3 Å². The van der Waals surface area contributed by atoms with Gasteiger partial charge in [-0.25, -0.2) is 0 Å². The molecule has 0 saturated carbocycles. The predicted octanol–water partition coefficient (Wildman–Crippen LogP) is 4.06. The van der Waals surface area contributed by atoms with Gasteiger partial charge in [-0.3, -0.25) is 4.98 Å². The van der Waals surface area contributed by atoms with Crippen LogP contribution in [0.1, 0.15) is 5.56 Å². The van der Waals surface area contributed by atoms with Gasteiger partial charge >= 0.3 is 0 Å². The van der Waals surface area contributed by atoms with Crippen molar-refractivity contribution in [2.45, 2.75) is 6.92 Å². The van der Waals surface area contributed by atoms with Crippen molar-refractivity contribution >= 4 is 21.7 Å². The van der Waals surface area contributed by atoms with Crippen molar-refractivity contribution in [2.24, 2.45) is 0 Å². The van der Waals surface area contributed by atoms with Crippen LogP contribution in [0, 0.1) is 6.92 Å². The van der Waals surface area contributed by atoms with E-state index in [-0.39, 0.29) is 0 Å². The summed E-state index contributed by atoms with van der Waals surface area (Å²) in [4.78, 5) is 4.02. The van der Waals surface area contributed by atoms with E-state index in [1.807, 2.05) is 37.3 Å². The van der Waals surface area contributed by atoms with Gasteiger partial charge in [0.05, 0.1) is 5.56 Å². The lowest BCUT2D eigenvalue weighted by Crippen LogP contribution is -1.90. The highest BCUT2D eigenvalue weighted by Crippen LogP contribution is 2.40. The highest BCUT2D eigenvalue weighted by Gasteiger charge is 2.19. The van der Waals surface area contributed by atoms with Gasteiger partial charge in [-0.2, -0.15) is 0 Å². The summed E-state index contributed by atoms with van der Waals surface area (Å²) in [5, 5.41) is 3.90. The van der Waals surface area contributed by atoms with Crippen molar-refractivity contribution in [3.63, 3.8) is 0 Å². The zero-order valence-electron chi connectivity index (χ0n) is 10.8. The molecule has 0 amide bonds. The number of nitrogens with zero attached hydrogens (tertiary/aromatic N) is 2. The van der Waals surface area contributed by atoms with Crippen LogP contribution in [0.4, 0.5) is 5.82 Å². The van der Waals surface area contributed by atoms with E-state index in [4.69, 9.17) is 10.3 Å². The number of benzene rings is 1. The first-order chi connectivity index (χ1) is 9.68. The zero-order chi connectivity index (χ0) is 14.1. The van der Waals surface area contributed by atoms with Crippen LogP contribution in [0.25, 0.3) is 22.5 Å². The van der Waals surface area contributed by atoms with Crippen molar-refractivity contribution in [3.05, 3.63) is 52.8 Å². The molecule has 3 aromatic rings. The largest absolute Gasteiger partial charge is 0.380 e. The van der Waals surface area contributed by atoms with Crippen molar-refractivity contribution in [2.75, 3.05) is 5.73 Å². The minimum atomic E-state index is 0.375. The molecule has 1 aromatic carbocycles. The van der Waals surface area contributed by atoms with Crippen LogP contribution in [0.5, 0.6) is 0 Å². The number of hydrogen-bond acceptors (Lipinski definition) is 4. The van der Waals surface area contributed by atoms with E-state index in [2.05, 4.69) is 26.1 Å². The van der Waals surface area contributed by atoms with Crippen molar-refractivity contribution in [1.82, 2.24) is 10.1 Å². The molecule has 100 valence electrons. The van der Waals surface area contributed by atoms with Gasteiger partial charge in [-0.15, -0.1) is 0 Å². The van der Waals surface area contributed by atoms with E-state index in [1.165, 1.54) is 0 Å². The van der Waals surface area contributed by atoms with Crippen LogP contribution < -0.4 is 5.73 Å². The van der Waals surface area contributed by atoms with Crippen LogP contribution >= 0.6 is 15.9 Å². The summed E-state index contributed by atoms with van der Waals surface area (Å²) in [5.74, 6) is 1.03. The highest BCUT2D eigenvalue weighted by atomic mass is 79.9. The number of nitrogens with two attached hydrogens (primary N) is 1. The van der Waals surface area contributed by atoms with Gasteiger partial charge in [0.2, 0.25) is 0 Å². The number of aryl methyl sites for hydroxylation is 1. The van der Waals surface area contributed by atoms with Gasteiger partial charge < -0.3 is 10.3 Å². The third kappa shape index (κ3) is 2.10. The van der Waals surface area contributed by atoms with Gasteiger partial charge in [0, 0.05) is 22.4 Å². The Morgan fingerprint density at radius 1 is 1.15 bits per heavy atom. The zero-order valence-corrected chi connectivity index (χ0v) is 12.4. The Bertz CT molecular complexity index is 753. The molecule has 0 atom stereocenters. The number of anilines is 1. The number of rotatable bonds is 2. The molecular weight excluding hydrogens is 318 g/mol. The van der Waals surface area contributed by atoms with Crippen LogP contribution in [-0.2, 0) is 0 Å². The lowest BCUT2D eigenvalue weighted by Gasteiger charge is -2.06. The highest BCUT2D eigenvalue weighted by molar-refractivity contribution is 9.10. The van der Waals surface area contributed by atoms with Crippen molar-refractivity contribution < 1.29 is 4.52 Å². The second-order valence-electron chi connectivity index (χ2n) is 4.44. The molecule has 0 spiro atoms. The Morgan fingerprint density at radius 2 is 1.90 bits per heavy atom. The standard InChI is InChI=1S/C15H12BrN3O/c1-9-3-2-4-11(13(9)16)14-12(15(17)19-20-14)10-5-7-18-8-6-10/h2-8H,1H3,(H2,17,19). The smallest absolute Gasteiger partial charge is 0.178 e. The van der Waals surface area contributed by atoms with E-state index in [0.717, 1.165) is 26.7 Å². The molecule has 0 aliphatic carbocycles. The van der Waals surface area contributed by atoms with E-state index in [1.54, 1.807) is 12.4 Å². The maximum atomic E-state index is 5.96. The summed E-state index contributed by atoms with van der Waals surface area (Å²) in [6, 6.07) is 9.75. The van der Waals surface area contributed by atoms with E-state index >= 15 is 0 Å². The molecule has 2 N–H and O–H groups in total. The van der Waals surface area contributed by atoms with Crippen LogP contribution in [0.15, 0.2) is 51.7 Å².